The van der Waals surface area contributed by atoms with Crippen LogP contribution in [0.1, 0.15) is 47.5 Å². The van der Waals surface area contributed by atoms with Crippen LogP contribution in [0.5, 0.6) is 0 Å². The highest BCUT2D eigenvalue weighted by atomic mass is 16.2. The van der Waals surface area contributed by atoms with Gasteiger partial charge in [-0.3, -0.25) is 9.59 Å². The van der Waals surface area contributed by atoms with Gasteiger partial charge < -0.3 is 16.4 Å². The summed E-state index contributed by atoms with van der Waals surface area (Å²) in [4.78, 5) is 24.1. The van der Waals surface area contributed by atoms with Crippen LogP contribution >= 0.6 is 0 Å². The molecule has 4 N–H and O–H groups in total. The van der Waals surface area contributed by atoms with Crippen molar-refractivity contribution in [2.45, 2.75) is 53.5 Å². The molecule has 2 unspecified atom stereocenters. The van der Waals surface area contributed by atoms with Crippen molar-refractivity contribution in [1.82, 2.24) is 10.6 Å². The third-order valence-corrected chi connectivity index (χ3v) is 3.10. The number of hydrogen-bond donors (Lipinski definition) is 3. The third kappa shape index (κ3) is 7.48. The second-order valence-corrected chi connectivity index (χ2v) is 7.00. The van der Waals surface area contributed by atoms with Crippen LogP contribution in [-0.4, -0.2) is 31.4 Å². The quantitative estimate of drug-likeness (QED) is 0.658. The second kappa shape index (κ2) is 8.25. The Balaban J connectivity index is 4.75. The summed E-state index contributed by atoms with van der Waals surface area (Å²) in [5.74, 6) is -0.207. The van der Waals surface area contributed by atoms with Crippen LogP contribution in [0.4, 0.5) is 0 Å². The molecule has 0 aliphatic heterocycles. The van der Waals surface area contributed by atoms with E-state index in [9.17, 15) is 9.59 Å². The van der Waals surface area contributed by atoms with E-state index in [1.54, 1.807) is 7.05 Å². The molecule has 0 spiro atoms. The molecule has 0 rings (SSSR count). The molecule has 0 saturated carbocycles. The molecule has 0 bridgehead atoms. The van der Waals surface area contributed by atoms with Crippen molar-refractivity contribution in [3.63, 3.8) is 0 Å². The predicted molar refractivity (Wildman–Crippen MR) is 82.1 cm³/mol. The Morgan fingerprint density at radius 1 is 1.15 bits per heavy atom. The molecule has 2 amide bonds. The lowest BCUT2D eigenvalue weighted by Gasteiger charge is -2.26. The van der Waals surface area contributed by atoms with Crippen LogP contribution in [0.15, 0.2) is 0 Å². The fourth-order valence-corrected chi connectivity index (χ4v) is 2.19. The largest absolute Gasteiger partial charge is 0.357 e. The molecular weight excluding hydrogens is 254 g/mol. The zero-order valence-corrected chi connectivity index (χ0v) is 13.7. The molecule has 20 heavy (non-hydrogen) atoms. The highest BCUT2D eigenvalue weighted by Gasteiger charge is 2.27. The molecule has 0 aliphatic carbocycles. The minimum atomic E-state index is -0.485. The Morgan fingerprint density at radius 3 is 2.05 bits per heavy atom. The molecular formula is C15H31N3O2. The summed E-state index contributed by atoms with van der Waals surface area (Å²) in [6.07, 6.45) is 1.33. The van der Waals surface area contributed by atoms with Crippen molar-refractivity contribution < 1.29 is 9.59 Å². The number of nitrogens with one attached hydrogen (secondary N) is 2. The molecule has 118 valence electrons. The van der Waals surface area contributed by atoms with Gasteiger partial charge in [-0.05, 0) is 24.2 Å². The van der Waals surface area contributed by atoms with Gasteiger partial charge in [0.2, 0.25) is 11.8 Å². The first-order chi connectivity index (χ1) is 9.10. The van der Waals surface area contributed by atoms with Crippen molar-refractivity contribution >= 4 is 11.8 Å². The van der Waals surface area contributed by atoms with E-state index in [4.69, 9.17) is 5.73 Å². The summed E-state index contributed by atoms with van der Waals surface area (Å²) < 4.78 is 0. The zero-order valence-electron chi connectivity index (χ0n) is 13.7. The Hall–Kier alpha value is -1.10. The van der Waals surface area contributed by atoms with Crippen LogP contribution in [0, 0.1) is 17.3 Å². The topological polar surface area (TPSA) is 84.2 Å². The maximum Gasteiger partial charge on any atom is 0.242 e. The van der Waals surface area contributed by atoms with Crippen LogP contribution in [-0.2, 0) is 9.59 Å². The number of hydrogen-bond acceptors (Lipinski definition) is 3. The van der Waals surface area contributed by atoms with E-state index in [0.717, 1.165) is 0 Å². The second-order valence-electron chi connectivity index (χ2n) is 7.00. The summed E-state index contributed by atoms with van der Waals surface area (Å²) in [5.41, 5.74) is 5.73. The van der Waals surface area contributed by atoms with Gasteiger partial charge in [-0.25, -0.2) is 0 Å². The van der Waals surface area contributed by atoms with Crippen molar-refractivity contribution in [3.8, 4) is 0 Å². The maximum atomic E-state index is 12.3. The Kier molecular flexibility index (Phi) is 7.79. The molecule has 5 nitrogen and oxygen atoms in total. The van der Waals surface area contributed by atoms with Crippen LogP contribution in [0.3, 0.4) is 0 Å². The lowest BCUT2D eigenvalue weighted by molar-refractivity contribution is -0.131. The van der Waals surface area contributed by atoms with Gasteiger partial charge in [0.25, 0.3) is 0 Å². The Labute approximate surface area is 123 Å². The van der Waals surface area contributed by atoms with Gasteiger partial charge in [0, 0.05) is 13.6 Å². The minimum absolute atomic E-state index is 0.0297. The molecule has 0 aliphatic rings. The number of amides is 2. The minimum Gasteiger partial charge on any atom is -0.357 e. The number of carbonyl (C=O) groups excluding carboxylic acids is 2. The van der Waals surface area contributed by atoms with Crippen molar-refractivity contribution in [1.29, 1.82) is 0 Å². The third-order valence-electron chi connectivity index (χ3n) is 3.10. The van der Waals surface area contributed by atoms with Crippen molar-refractivity contribution in [2.24, 2.45) is 23.0 Å². The first-order valence-electron chi connectivity index (χ1n) is 7.32. The summed E-state index contributed by atoms with van der Waals surface area (Å²) in [6, 6.07) is -0.485. The molecule has 0 aromatic rings. The number of nitrogens with two attached hydrogens (primary N) is 1. The number of rotatable bonds is 7. The Morgan fingerprint density at radius 2 is 1.70 bits per heavy atom. The molecule has 0 aromatic heterocycles. The van der Waals surface area contributed by atoms with Crippen LogP contribution in [0.25, 0.3) is 0 Å². The molecule has 0 aromatic carbocycles. The van der Waals surface area contributed by atoms with E-state index in [-0.39, 0.29) is 23.1 Å². The highest BCUT2D eigenvalue weighted by Crippen LogP contribution is 2.24. The fraction of sp³-hybridized carbons (Fsp3) is 0.867. The average Bonchev–Trinajstić information content (AvgIpc) is 2.32. The number of carbonyl (C=O) groups is 2. The monoisotopic (exact) mass is 285 g/mol. The van der Waals surface area contributed by atoms with E-state index in [0.29, 0.717) is 25.3 Å². The van der Waals surface area contributed by atoms with Crippen molar-refractivity contribution in [2.75, 3.05) is 13.6 Å². The molecule has 5 heteroatoms. The van der Waals surface area contributed by atoms with E-state index in [2.05, 4.69) is 31.4 Å². The summed E-state index contributed by atoms with van der Waals surface area (Å²) in [5, 5.41) is 5.44. The average molecular weight is 285 g/mol. The normalized spacial score (nSPS) is 14.8. The lowest BCUT2D eigenvalue weighted by atomic mass is 9.84. The van der Waals surface area contributed by atoms with Gasteiger partial charge in [0.05, 0.1) is 5.92 Å². The van der Waals surface area contributed by atoms with Crippen molar-refractivity contribution in [3.05, 3.63) is 0 Å². The molecule has 2 atom stereocenters. The summed E-state index contributed by atoms with van der Waals surface area (Å²) in [7, 11) is 1.58. The predicted octanol–water partition coefficient (Wildman–Crippen LogP) is 1.27. The standard InChI is InChI=1S/C15H31N3O2/c1-10(2)7-12(14(20)17-6)18-13(19)11(9-16)8-15(3,4)5/h10-12H,7-9,16H2,1-6H3,(H,17,20)(H,18,19). The van der Waals surface area contributed by atoms with Gasteiger partial charge in [-0.1, -0.05) is 34.6 Å². The van der Waals surface area contributed by atoms with Crippen LogP contribution < -0.4 is 16.4 Å². The van der Waals surface area contributed by atoms with E-state index in [1.807, 2.05) is 13.8 Å². The lowest BCUT2D eigenvalue weighted by Crippen LogP contribution is -2.49. The molecule has 0 saturated heterocycles. The summed E-state index contributed by atoms with van der Waals surface area (Å²) in [6.45, 7) is 10.6. The smallest absolute Gasteiger partial charge is 0.242 e. The van der Waals surface area contributed by atoms with E-state index in [1.165, 1.54) is 0 Å². The number of likely N-dealkylation sites (N-methyl/N-ethyl adjacent to an activating group) is 1. The Bertz CT molecular complexity index is 322. The first-order valence-corrected chi connectivity index (χ1v) is 7.32. The summed E-state index contributed by atoms with van der Waals surface area (Å²) >= 11 is 0. The zero-order chi connectivity index (χ0) is 15.9. The van der Waals surface area contributed by atoms with Gasteiger partial charge in [0.1, 0.15) is 6.04 Å². The fourth-order valence-electron chi connectivity index (χ4n) is 2.19. The van der Waals surface area contributed by atoms with E-state index >= 15 is 0 Å². The first kappa shape index (κ1) is 18.9. The van der Waals surface area contributed by atoms with Gasteiger partial charge in [-0.2, -0.15) is 0 Å². The molecule has 0 fully saturated rings. The molecule has 0 heterocycles. The SMILES string of the molecule is CNC(=O)C(CC(C)C)NC(=O)C(CN)CC(C)(C)C. The van der Waals surface area contributed by atoms with Gasteiger partial charge >= 0.3 is 0 Å². The molecule has 0 radical (unpaired) electrons. The van der Waals surface area contributed by atoms with Crippen LogP contribution in [0.2, 0.25) is 0 Å². The van der Waals surface area contributed by atoms with Gasteiger partial charge in [-0.15, -0.1) is 0 Å². The maximum absolute atomic E-state index is 12.3. The van der Waals surface area contributed by atoms with E-state index < -0.39 is 6.04 Å². The van der Waals surface area contributed by atoms with Gasteiger partial charge in [0.15, 0.2) is 0 Å². The highest BCUT2D eigenvalue weighted by molar-refractivity contribution is 5.88.